The number of sulfonamides is 1. The van der Waals surface area contributed by atoms with Crippen LogP contribution in [0.4, 0.5) is 0 Å². The molecule has 0 aliphatic heterocycles. The maximum atomic E-state index is 11.9. The van der Waals surface area contributed by atoms with Gasteiger partial charge in [0.05, 0.1) is 6.61 Å². The zero-order valence-corrected chi connectivity index (χ0v) is 11.6. The van der Waals surface area contributed by atoms with E-state index in [0.717, 1.165) is 25.7 Å². The lowest BCUT2D eigenvalue weighted by Gasteiger charge is -2.28. The van der Waals surface area contributed by atoms with Crippen molar-refractivity contribution in [3.63, 3.8) is 0 Å². The molecule has 0 atom stereocenters. The van der Waals surface area contributed by atoms with E-state index in [2.05, 4.69) is 0 Å². The minimum atomic E-state index is -3.80. The Bertz CT molecular complexity index is 573. The highest BCUT2D eigenvalue weighted by molar-refractivity contribution is 7.89. The van der Waals surface area contributed by atoms with Crippen molar-refractivity contribution in [1.82, 2.24) is 4.57 Å². The van der Waals surface area contributed by atoms with Crippen molar-refractivity contribution in [2.45, 2.75) is 43.5 Å². The van der Waals surface area contributed by atoms with Gasteiger partial charge < -0.3 is 9.30 Å². The van der Waals surface area contributed by atoms with Gasteiger partial charge >= 0.3 is 5.97 Å². The fourth-order valence-electron chi connectivity index (χ4n) is 2.01. The van der Waals surface area contributed by atoms with Gasteiger partial charge in [-0.3, -0.25) is 0 Å². The van der Waals surface area contributed by atoms with Gasteiger partial charge in [0.25, 0.3) is 0 Å². The topological polar surface area (TPSA) is 91.4 Å². The van der Waals surface area contributed by atoms with Crippen LogP contribution in [0.1, 0.15) is 49.1 Å². The van der Waals surface area contributed by atoms with Crippen LogP contribution in [-0.2, 0) is 14.8 Å². The second-order valence-electron chi connectivity index (χ2n) is 4.73. The smallest absolute Gasteiger partial charge is 0.354 e. The van der Waals surface area contributed by atoms with Crippen molar-refractivity contribution < 1.29 is 17.9 Å². The average Bonchev–Trinajstić information content (AvgIpc) is 2.68. The third kappa shape index (κ3) is 2.98. The number of ether oxygens (including phenoxy) is 1. The highest BCUT2D eigenvalue weighted by Crippen LogP contribution is 2.34. The summed E-state index contributed by atoms with van der Waals surface area (Å²) in [7, 11) is -3.80. The first-order chi connectivity index (χ1) is 8.93. The molecule has 19 heavy (non-hydrogen) atoms. The lowest BCUT2D eigenvalue weighted by Crippen LogP contribution is -2.21. The second-order valence-corrected chi connectivity index (χ2v) is 6.30. The Morgan fingerprint density at radius 1 is 1.53 bits per heavy atom. The summed E-state index contributed by atoms with van der Waals surface area (Å²) in [6, 6.07) is 1.46. The predicted molar refractivity (Wildman–Crippen MR) is 69.3 cm³/mol. The molecule has 1 heterocycles. The first-order valence-electron chi connectivity index (χ1n) is 6.35. The Morgan fingerprint density at radius 3 is 2.68 bits per heavy atom. The summed E-state index contributed by atoms with van der Waals surface area (Å²) >= 11 is 0. The molecule has 2 N–H and O–H groups in total. The monoisotopic (exact) mass is 286 g/mol. The van der Waals surface area contributed by atoms with Crippen molar-refractivity contribution in [1.29, 1.82) is 0 Å². The van der Waals surface area contributed by atoms with E-state index in [0.29, 0.717) is 6.61 Å². The molecule has 1 saturated carbocycles. The molecular formula is C12H18N2O4S. The SMILES string of the molecule is CCCOC(=O)c1cc(S(N)(=O)=O)cn1C1CCC1. The van der Waals surface area contributed by atoms with Crippen molar-refractivity contribution in [3.8, 4) is 0 Å². The van der Waals surface area contributed by atoms with Gasteiger partial charge in [-0.15, -0.1) is 0 Å². The molecule has 0 aromatic carbocycles. The Balaban J connectivity index is 2.34. The number of carbonyl (C=O) groups excluding carboxylic acids is 1. The molecule has 0 unspecified atom stereocenters. The number of nitrogens with zero attached hydrogens (tertiary/aromatic N) is 1. The standard InChI is InChI=1S/C12H18N2O4S/c1-2-6-18-12(15)11-7-10(19(13,16)17)8-14(11)9-4-3-5-9/h7-9H,2-6H2,1H3,(H2,13,16,17). The summed E-state index contributed by atoms with van der Waals surface area (Å²) in [5.41, 5.74) is 0.266. The first-order valence-corrected chi connectivity index (χ1v) is 7.90. The van der Waals surface area contributed by atoms with Crippen LogP contribution in [0.15, 0.2) is 17.2 Å². The van der Waals surface area contributed by atoms with Gasteiger partial charge in [-0.2, -0.15) is 0 Å². The van der Waals surface area contributed by atoms with Crippen LogP contribution in [0, 0.1) is 0 Å². The second kappa shape index (κ2) is 5.34. The van der Waals surface area contributed by atoms with Crippen molar-refractivity contribution >= 4 is 16.0 Å². The molecule has 7 heteroatoms. The number of hydrogen-bond donors (Lipinski definition) is 1. The van der Waals surface area contributed by atoms with Gasteiger partial charge in [-0.1, -0.05) is 6.92 Å². The molecular weight excluding hydrogens is 268 g/mol. The summed E-state index contributed by atoms with van der Waals surface area (Å²) in [6.07, 6.45) is 5.11. The number of hydrogen-bond acceptors (Lipinski definition) is 4. The molecule has 0 saturated heterocycles. The van der Waals surface area contributed by atoms with Crippen LogP contribution in [-0.4, -0.2) is 25.6 Å². The molecule has 0 amide bonds. The molecule has 1 fully saturated rings. The molecule has 1 aromatic rings. The Hall–Kier alpha value is -1.34. The van der Waals surface area contributed by atoms with E-state index >= 15 is 0 Å². The quantitative estimate of drug-likeness (QED) is 0.829. The molecule has 0 radical (unpaired) electrons. The van der Waals surface area contributed by atoms with Crippen LogP contribution in [0.2, 0.25) is 0 Å². The van der Waals surface area contributed by atoms with Gasteiger partial charge in [0, 0.05) is 12.2 Å². The highest BCUT2D eigenvalue weighted by atomic mass is 32.2. The van der Waals surface area contributed by atoms with E-state index in [4.69, 9.17) is 9.88 Å². The third-order valence-electron chi connectivity index (χ3n) is 3.27. The maximum Gasteiger partial charge on any atom is 0.354 e. The van der Waals surface area contributed by atoms with Crippen LogP contribution in [0.5, 0.6) is 0 Å². The van der Waals surface area contributed by atoms with Gasteiger partial charge in [-0.05, 0) is 31.7 Å². The fourth-order valence-corrected chi connectivity index (χ4v) is 2.55. The highest BCUT2D eigenvalue weighted by Gasteiger charge is 2.27. The van der Waals surface area contributed by atoms with E-state index in [1.807, 2.05) is 6.92 Å². The minimum absolute atomic E-state index is 0.0390. The summed E-state index contributed by atoms with van der Waals surface area (Å²) in [4.78, 5) is 11.9. The molecule has 2 rings (SSSR count). The Kier molecular flexibility index (Phi) is 3.96. The van der Waals surface area contributed by atoms with E-state index in [1.165, 1.54) is 12.3 Å². The van der Waals surface area contributed by atoms with E-state index in [-0.39, 0.29) is 16.6 Å². The molecule has 1 aliphatic carbocycles. The number of nitrogens with two attached hydrogens (primary N) is 1. The van der Waals surface area contributed by atoms with E-state index < -0.39 is 16.0 Å². The zero-order valence-electron chi connectivity index (χ0n) is 10.8. The van der Waals surface area contributed by atoms with Crippen molar-refractivity contribution in [2.75, 3.05) is 6.61 Å². The van der Waals surface area contributed by atoms with Gasteiger partial charge in [0.15, 0.2) is 0 Å². The molecule has 1 aliphatic rings. The van der Waals surface area contributed by atoms with Crippen LogP contribution in [0.3, 0.4) is 0 Å². The Morgan fingerprint density at radius 2 is 2.21 bits per heavy atom. The fraction of sp³-hybridized carbons (Fsp3) is 0.583. The maximum absolute atomic E-state index is 11.9. The summed E-state index contributed by atoms with van der Waals surface area (Å²) in [5, 5.41) is 5.11. The summed E-state index contributed by atoms with van der Waals surface area (Å²) < 4.78 is 29.5. The average molecular weight is 286 g/mol. The largest absolute Gasteiger partial charge is 0.461 e. The van der Waals surface area contributed by atoms with Gasteiger partial charge in [-0.25, -0.2) is 18.4 Å². The molecule has 1 aromatic heterocycles. The molecule has 106 valence electrons. The lowest BCUT2D eigenvalue weighted by molar-refractivity contribution is 0.0486. The van der Waals surface area contributed by atoms with Gasteiger partial charge in [0.1, 0.15) is 10.6 Å². The van der Waals surface area contributed by atoms with E-state index in [9.17, 15) is 13.2 Å². The van der Waals surface area contributed by atoms with Crippen molar-refractivity contribution in [2.24, 2.45) is 5.14 Å². The number of esters is 1. The zero-order chi connectivity index (χ0) is 14.0. The number of primary sulfonamides is 1. The van der Waals surface area contributed by atoms with E-state index in [1.54, 1.807) is 4.57 Å². The normalized spacial score (nSPS) is 16.1. The van der Waals surface area contributed by atoms with Crippen LogP contribution in [0.25, 0.3) is 0 Å². The molecule has 0 spiro atoms. The first kappa shape index (κ1) is 14.1. The predicted octanol–water partition coefficient (Wildman–Crippen LogP) is 1.43. The summed E-state index contributed by atoms with van der Waals surface area (Å²) in [5.74, 6) is -0.497. The molecule has 0 bridgehead atoms. The minimum Gasteiger partial charge on any atom is -0.461 e. The third-order valence-corrected chi connectivity index (χ3v) is 4.15. The van der Waals surface area contributed by atoms with Gasteiger partial charge in [0.2, 0.25) is 10.0 Å². The lowest BCUT2D eigenvalue weighted by atomic mass is 9.93. The number of rotatable bonds is 5. The van der Waals surface area contributed by atoms with Crippen molar-refractivity contribution in [3.05, 3.63) is 18.0 Å². The number of aromatic nitrogens is 1. The number of carbonyl (C=O) groups is 1. The Labute approximate surface area is 112 Å². The molecule has 6 nitrogen and oxygen atoms in total. The summed E-state index contributed by atoms with van der Waals surface area (Å²) in [6.45, 7) is 2.22. The van der Waals surface area contributed by atoms with Crippen LogP contribution >= 0.6 is 0 Å². The van der Waals surface area contributed by atoms with Crippen LogP contribution < -0.4 is 5.14 Å².